The highest BCUT2D eigenvalue weighted by Crippen LogP contribution is 2.31. The average molecular weight is 157 g/mol. The van der Waals surface area contributed by atoms with Crippen LogP contribution in [0.4, 0.5) is 0 Å². The molecule has 0 aromatic heterocycles. The summed E-state index contributed by atoms with van der Waals surface area (Å²) in [6.45, 7) is 7.13. The minimum atomic E-state index is -0.510. The number of nitrogens with zero attached hydrogens (tertiary/aromatic N) is 1. The second-order valence-electron chi connectivity index (χ2n) is 4.27. The molecule has 11 heavy (non-hydrogen) atoms. The van der Waals surface area contributed by atoms with E-state index in [0.717, 1.165) is 13.0 Å². The van der Waals surface area contributed by atoms with Crippen LogP contribution in [0.3, 0.4) is 0 Å². The van der Waals surface area contributed by atoms with Gasteiger partial charge >= 0.3 is 0 Å². The van der Waals surface area contributed by atoms with E-state index in [0.29, 0.717) is 12.0 Å². The van der Waals surface area contributed by atoms with E-state index in [2.05, 4.69) is 18.9 Å². The van der Waals surface area contributed by atoms with Crippen LogP contribution in [0.15, 0.2) is 0 Å². The maximum Gasteiger partial charge on any atom is 0.0635 e. The molecule has 0 aromatic carbocycles. The van der Waals surface area contributed by atoms with Crippen molar-refractivity contribution in [2.75, 3.05) is 13.6 Å². The first-order chi connectivity index (χ1) is 4.93. The third-order valence-electron chi connectivity index (χ3n) is 2.98. The second-order valence-corrected chi connectivity index (χ2v) is 4.27. The van der Waals surface area contributed by atoms with Crippen molar-refractivity contribution in [1.29, 1.82) is 0 Å². The molecule has 0 spiro atoms. The average Bonchev–Trinajstić information content (AvgIpc) is 2.11. The van der Waals surface area contributed by atoms with Crippen molar-refractivity contribution >= 4 is 0 Å². The third kappa shape index (κ3) is 1.74. The molecule has 0 aliphatic carbocycles. The molecule has 2 heteroatoms. The predicted octanol–water partition coefficient (Wildman–Crippen LogP) is 1.10. The highest BCUT2D eigenvalue weighted by atomic mass is 16.3. The van der Waals surface area contributed by atoms with Crippen LogP contribution in [0.1, 0.15) is 27.2 Å². The molecule has 0 radical (unpaired) electrons. The van der Waals surface area contributed by atoms with Gasteiger partial charge in [0, 0.05) is 12.0 Å². The molecule has 66 valence electrons. The molecule has 0 unspecified atom stereocenters. The topological polar surface area (TPSA) is 23.5 Å². The summed E-state index contributed by atoms with van der Waals surface area (Å²) in [5.74, 6) is 0.437. The van der Waals surface area contributed by atoms with E-state index in [-0.39, 0.29) is 0 Å². The van der Waals surface area contributed by atoms with Gasteiger partial charge in [0.2, 0.25) is 0 Å². The lowest BCUT2D eigenvalue weighted by Gasteiger charge is -2.30. The normalized spacial score (nSPS) is 34.6. The fraction of sp³-hybridized carbons (Fsp3) is 1.00. The molecule has 1 fully saturated rings. The zero-order valence-corrected chi connectivity index (χ0v) is 7.96. The molecule has 1 saturated heterocycles. The Labute approximate surface area is 69.2 Å². The molecule has 0 saturated carbocycles. The fourth-order valence-electron chi connectivity index (χ4n) is 2.04. The summed E-state index contributed by atoms with van der Waals surface area (Å²) in [5, 5.41) is 9.78. The highest BCUT2D eigenvalue weighted by molar-refractivity contribution is 4.90. The van der Waals surface area contributed by atoms with Crippen molar-refractivity contribution in [3.63, 3.8) is 0 Å². The van der Waals surface area contributed by atoms with Crippen LogP contribution >= 0.6 is 0 Å². The Morgan fingerprint density at radius 2 is 2.00 bits per heavy atom. The first-order valence-corrected chi connectivity index (χ1v) is 4.35. The number of likely N-dealkylation sites (tertiary alicyclic amines) is 1. The molecule has 1 N–H and O–H groups in total. The van der Waals surface area contributed by atoms with Crippen LogP contribution in [0, 0.1) is 5.92 Å². The van der Waals surface area contributed by atoms with Crippen molar-refractivity contribution < 1.29 is 5.11 Å². The Morgan fingerprint density at radius 3 is 2.18 bits per heavy atom. The lowest BCUT2D eigenvalue weighted by Crippen LogP contribution is -2.38. The summed E-state index contributed by atoms with van der Waals surface area (Å²) >= 11 is 0. The number of rotatable bonds is 1. The minimum Gasteiger partial charge on any atom is -0.390 e. The molecule has 1 aliphatic heterocycles. The van der Waals surface area contributed by atoms with Crippen LogP contribution < -0.4 is 0 Å². The van der Waals surface area contributed by atoms with Crippen molar-refractivity contribution in [2.45, 2.75) is 38.8 Å². The van der Waals surface area contributed by atoms with Crippen LogP contribution in [-0.4, -0.2) is 35.2 Å². The predicted molar refractivity (Wildman–Crippen MR) is 46.5 cm³/mol. The Hall–Kier alpha value is -0.0800. The van der Waals surface area contributed by atoms with Crippen molar-refractivity contribution in [3.05, 3.63) is 0 Å². The fourth-order valence-corrected chi connectivity index (χ4v) is 2.04. The standard InChI is InChI=1S/C9H19NO/c1-7-8(9(2,3)11)5-6-10(7)4/h7-8,11H,5-6H2,1-4H3/t7-,8-/m0/s1. The van der Waals surface area contributed by atoms with Gasteiger partial charge in [-0.15, -0.1) is 0 Å². The van der Waals surface area contributed by atoms with Gasteiger partial charge in [0.05, 0.1) is 5.60 Å². The van der Waals surface area contributed by atoms with E-state index in [1.54, 1.807) is 0 Å². The summed E-state index contributed by atoms with van der Waals surface area (Å²) in [6.07, 6.45) is 1.13. The van der Waals surface area contributed by atoms with Gasteiger partial charge in [0.1, 0.15) is 0 Å². The SMILES string of the molecule is C[C@H]1[C@@H](C(C)(C)O)CCN1C. The first kappa shape index (κ1) is 9.01. The second kappa shape index (κ2) is 2.76. The minimum absolute atomic E-state index is 0.437. The molecule has 2 nitrogen and oxygen atoms in total. The molecule has 0 amide bonds. The Morgan fingerprint density at radius 1 is 1.45 bits per heavy atom. The maximum atomic E-state index is 9.78. The van der Waals surface area contributed by atoms with Crippen molar-refractivity contribution in [2.24, 2.45) is 5.92 Å². The smallest absolute Gasteiger partial charge is 0.0635 e. The summed E-state index contributed by atoms with van der Waals surface area (Å²) in [4.78, 5) is 2.31. The van der Waals surface area contributed by atoms with E-state index in [4.69, 9.17) is 0 Å². The quantitative estimate of drug-likeness (QED) is 0.616. The molecule has 2 atom stereocenters. The monoisotopic (exact) mass is 157 g/mol. The Bertz CT molecular complexity index is 139. The van der Waals surface area contributed by atoms with Crippen molar-refractivity contribution in [1.82, 2.24) is 4.90 Å². The molecular weight excluding hydrogens is 138 g/mol. The van der Waals surface area contributed by atoms with Gasteiger partial charge in [-0.3, -0.25) is 0 Å². The maximum absolute atomic E-state index is 9.78. The van der Waals surface area contributed by atoms with Gasteiger partial charge in [-0.1, -0.05) is 0 Å². The van der Waals surface area contributed by atoms with Gasteiger partial charge < -0.3 is 10.0 Å². The molecular formula is C9H19NO. The number of hydrogen-bond acceptors (Lipinski definition) is 2. The summed E-state index contributed by atoms with van der Waals surface area (Å²) < 4.78 is 0. The van der Waals surface area contributed by atoms with Gasteiger partial charge in [-0.25, -0.2) is 0 Å². The van der Waals surface area contributed by atoms with Gasteiger partial charge in [-0.05, 0) is 40.8 Å². The van der Waals surface area contributed by atoms with Gasteiger partial charge in [-0.2, -0.15) is 0 Å². The van der Waals surface area contributed by atoms with Crippen LogP contribution in [-0.2, 0) is 0 Å². The Balaban J connectivity index is 2.62. The highest BCUT2D eigenvalue weighted by Gasteiger charge is 2.37. The summed E-state index contributed by atoms with van der Waals surface area (Å²) in [6, 6.07) is 0.523. The van der Waals surface area contributed by atoms with E-state index in [9.17, 15) is 5.11 Å². The van der Waals surface area contributed by atoms with Gasteiger partial charge in [0.25, 0.3) is 0 Å². The first-order valence-electron chi connectivity index (χ1n) is 4.35. The van der Waals surface area contributed by atoms with Crippen LogP contribution in [0.5, 0.6) is 0 Å². The molecule has 1 heterocycles. The van der Waals surface area contributed by atoms with Crippen LogP contribution in [0.25, 0.3) is 0 Å². The third-order valence-corrected chi connectivity index (χ3v) is 2.98. The van der Waals surface area contributed by atoms with Crippen LogP contribution in [0.2, 0.25) is 0 Å². The van der Waals surface area contributed by atoms with E-state index in [1.165, 1.54) is 0 Å². The largest absolute Gasteiger partial charge is 0.390 e. The number of hydrogen-bond donors (Lipinski definition) is 1. The number of aliphatic hydroxyl groups is 1. The zero-order valence-electron chi connectivity index (χ0n) is 7.96. The van der Waals surface area contributed by atoms with Gasteiger partial charge in [0.15, 0.2) is 0 Å². The summed E-state index contributed by atoms with van der Waals surface area (Å²) in [7, 11) is 2.12. The lowest BCUT2D eigenvalue weighted by molar-refractivity contribution is 0.00631. The molecule has 0 bridgehead atoms. The molecule has 1 aliphatic rings. The Kier molecular flexibility index (Phi) is 2.26. The molecule has 0 aromatic rings. The van der Waals surface area contributed by atoms with E-state index in [1.807, 2.05) is 13.8 Å². The lowest BCUT2D eigenvalue weighted by atomic mass is 9.85. The van der Waals surface area contributed by atoms with E-state index >= 15 is 0 Å². The summed E-state index contributed by atoms with van der Waals surface area (Å²) in [5.41, 5.74) is -0.510. The van der Waals surface area contributed by atoms with Crippen molar-refractivity contribution in [3.8, 4) is 0 Å². The van der Waals surface area contributed by atoms with E-state index < -0.39 is 5.60 Å². The zero-order chi connectivity index (χ0) is 8.65. The molecule has 1 rings (SSSR count).